The van der Waals surface area contributed by atoms with Crippen molar-refractivity contribution in [3.8, 4) is 46.7 Å². The summed E-state index contributed by atoms with van der Waals surface area (Å²) in [6.45, 7) is 4.61. The average molecular weight is 813 g/mol. The van der Waals surface area contributed by atoms with E-state index in [4.69, 9.17) is 47.4 Å². The Kier molecular flexibility index (Phi) is 19.8. The molecule has 0 spiro atoms. The van der Waals surface area contributed by atoms with E-state index in [1.54, 1.807) is 36.4 Å². The Hall–Kier alpha value is -5.20. The molecule has 14 heteroatoms. The SMILES string of the molecule is [O-]C(O)c1ccc(C#Cc2cc3c(C#Cc4ccc(C([O-])O)cc4)cc2OCCOCCOCCOCCOc2ccc(cc2)OCCOCOCCOCCO3)cc1. The van der Waals surface area contributed by atoms with Gasteiger partial charge in [0, 0.05) is 35.8 Å². The van der Waals surface area contributed by atoms with Crippen LogP contribution in [0.15, 0.2) is 84.9 Å². The highest BCUT2D eigenvalue weighted by Gasteiger charge is 2.12. The number of ether oxygens (including phenoxy) is 10. The second kappa shape index (κ2) is 26.0. The van der Waals surface area contributed by atoms with Crippen molar-refractivity contribution in [2.45, 2.75) is 12.6 Å². The normalized spacial score (nSPS) is 16.9. The van der Waals surface area contributed by atoms with Gasteiger partial charge < -0.3 is 67.8 Å². The van der Waals surface area contributed by atoms with Crippen LogP contribution >= 0.6 is 0 Å². The number of rotatable bonds is 2. The van der Waals surface area contributed by atoms with Gasteiger partial charge >= 0.3 is 0 Å². The summed E-state index contributed by atoms with van der Waals surface area (Å²) in [6, 6.07) is 23.4. The van der Waals surface area contributed by atoms with Crippen LogP contribution < -0.4 is 29.2 Å². The molecule has 4 aromatic carbocycles. The zero-order chi connectivity index (χ0) is 41.3. The molecule has 0 aliphatic carbocycles. The summed E-state index contributed by atoms with van der Waals surface area (Å²) in [5.74, 6) is 14.7. The molecule has 2 unspecified atom stereocenters. The molecule has 8 rings (SSSR count). The van der Waals surface area contributed by atoms with E-state index in [0.29, 0.717) is 111 Å². The molecule has 0 radical (unpaired) electrons. The Labute approximate surface area is 344 Å². The summed E-state index contributed by atoms with van der Waals surface area (Å²) in [7, 11) is 0. The molecule has 0 saturated heterocycles. The lowest BCUT2D eigenvalue weighted by Gasteiger charge is -2.15. The fourth-order valence-electron chi connectivity index (χ4n) is 5.16. The molecular weight excluding hydrogens is 764 g/mol. The molecule has 0 amide bonds. The van der Waals surface area contributed by atoms with Crippen molar-refractivity contribution in [2.24, 2.45) is 0 Å². The predicted octanol–water partition coefficient (Wildman–Crippen LogP) is 2.47. The summed E-state index contributed by atoms with van der Waals surface area (Å²) in [4.78, 5) is 0. The topological polar surface area (TPSA) is 179 Å². The lowest BCUT2D eigenvalue weighted by atomic mass is 10.1. The van der Waals surface area contributed by atoms with Crippen LogP contribution in [-0.2, 0) is 28.4 Å². The fraction of sp³-hybridized carbons (Fsp3) is 0.378. The number of hydrogen-bond acceptors (Lipinski definition) is 14. The van der Waals surface area contributed by atoms with E-state index in [9.17, 15) is 20.4 Å². The van der Waals surface area contributed by atoms with Gasteiger partial charge in [0.05, 0.1) is 77.2 Å². The van der Waals surface area contributed by atoms with Crippen molar-refractivity contribution in [1.82, 2.24) is 0 Å². The number of aliphatic hydroxyl groups is 2. The van der Waals surface area contributed by atoms with Crippen LogP contribution in [0.25, 0.3) is 0 Å². The first-order chi connectivity index (χ1) is 28.9. The van der Waals surface area contributed by atoms with E-state index in [0.717, 1.165) is 0 Å². The van der Waals surface area contributed by atoms with Gasteiger partial charge in [-0.25, -0.2) is 0 Å². The molecule has 4 aromatic rings. The molecular formula is C45H48O14-2. The largest absolute Gasteiger partial charge is 0.828 e. The standard InChI is InChI=1S/C45H48O14/c46-44(47)36-7-1-34(2-8-36)5-11-38-32-43-39(12-6-35-3-9-37(10-4-35)45(48)49)31-42(38)58-29-24-52-20-18-50-17-19-51-23-27-56-40-13-15-41(16-14-40)57-28-26-55-33-54-22-21-53-25-30-59-43/h1-4,7-10,13-16,31-32,44-46,48H,17-30,33H2/q-2. The maximum atomic E-state index is 11.4. The van der Waals surface area contributed by atoms with E-state index in [-0.39, 0.29) is 44.3 Å². The minimum Gasteiger partial charge on any atom is -0.828 e. The zero-order valence-corrected chi connectivity index (χ0v) is 32.6. The number of hydrogen-bond donors (Lipinski definition) is 2. The van der Waals surface area contributed by atoms with Gasteiger partial charge in [-0.1, -0.05) is 47.9 Å². The van der Waals surface area contributed by atoms with Crippen LogP contribution in [0.4, 0.5) is 0 Å². The van der Waals surface area contributed by atoms with E-state index < -0.39 is 12.6 Å². The third kappa shape index (κ3) is 16.9. The van der Waals surface area contributed by atoms with Gasteiger partial charge in [0.25, 0.3) is 0 Å². The van der Waals surface area contributed by atoms with Crippen molar-refractivity contribution in [2.75, 3.05) is 99.3 Å². The highest BCUT2D eigenvalue weighted by atomic mass is 16.7. The van der Waals surface area contributed by atoms with Crippen LogP contribution in [0.1, 0.15) is 46.0 Å². The first kappa shape index (κ1) is 44.9. The van der Waals surface area contributed by atoms with Gasteiger partial charge in [-0.05, 0) is 59.7 Å². The van der Waals surface area contributed by atoms with Crippen molar-refractivity contribution < 1.29 is 67.8 Å². The molecule has 4 aliphatic heterocycles. The molecule has 2 N–H and O–H groups in total. The Morgan fingerprint density at radius 2 is 0.712 bits per heavy atom. The zero-order valence-electron chi connectivity index (χ0n) is 32.6. The van der Waals surface area contributed by atoms with Gasteiger partial charge in [-0.3, -0.25) is 0 Å². The van der Waals surface area contributed by atoms with Crippen LogP contribution in [0.2, 0.25) is 0 Å². The van der Waals surface area contributed by atoms with E-state index >= 15 is 0 Å². The monoisotopic (exact) mass is 812 g/mol. The molecule has 0 saturated carbocycles. The fourth-order valence-corrected chi connectivity index (χ4v) is 5.16. The van der Waals surface area contributed by atoms with Crippen LogP contribution in [0.5, 0.6) is 23.0 Å². The molecule has 4 bridgehead atoms. The van der Waals surface area contributed by atoms with Crippen molar-refractivity contribution >= 4 is 0 Å². The quantitative estimate of drug-likeness (QED) is 0.223. The Morgan fingerprint density at radius 1 is 0.390 bits per heavy atom. The molecule has 0 aromatic heterocycles. The van der Waals surface area contributed by atoms with Gasteiger partial charge in [-0.2, -0.15) is 0 Å². The van der Waals surface area contributed by atoms with Crippen molar-refractivity contribution in [1.29, 1.82) is 0 Å². The maximum absolute atomic E-state index is 11.4. The average Bonchev–Trinajstić information content (AvgIpc) is 3.25. The lowest BCUT2D eigenvalue weighted by Crippen LogP contribution is -2.14. The summed E-state index contributed by atoms with van der Waals surface area (Å²) in [5.41, 5.74) is 2.68. The Morgan fingerprint density at radius 3 is 1.08 bits per heavy atom. The minimum absolute atomic E-state index is 0.0848. The molecule has 4 aliphatic rings. The van der Waals surface area contributed by atoms with E-state index in [1.165, 1.54) is 24.3 Å². The molecule has 314 valence electrons. The van der Waals surface area contributed by atoms with Crippen molar-refractivity contribution in [3.05, 3.63) is 118 Å². The van der Waals surface area contributed by atoms with Gasteiger partial charge in [0.15, 0.2) is 0 Å². The number of benzene rings is 4. The molecule has 2 atom stereocenters. The Balaban J connectivity index is 1.28. The summed E-state index contributed by atoms with van der Waals surface area (Å²) in [5, 5.41) is 41.6. The summed E-state index contributed by atoms with van der Waals surface area (Å²) in [6.07, 6.45) is -3.68. The van der Waals surface area contributed by atoms with Crippen LogP contribution in [-0.4, -0.2) is 110 Å². The van der Waals surface area contributed by atoms with Gasteiger partial charge in [0.2, 0.25) is 0 Å². The molecule has 14 nitrogen and oxygen atoms in total. The van der Waals surface area contributed by atoms with E-state index in [2.05, 4.69) is 23.7 Å². The summed E-state index contributed by atoms with van der Waals surface area (Å²) < 4.78 is 57.5. The van der Waals surface area contributed by atoms with Gasteiger partial charge in [-0.15, -0.1) is 0 Å². The van der Waals surface area contributed by atoms with Crippen LogP contribution in [0, 0.1) is 23.7 Å². The van der Waals surface area contributed by atoms with Crippen molar-refractivity contribution in [3.63, 3.8) is 0 Å². The first-order valence-corrected chi connectivity index (χ1v) is 19.1. The molecule has 59 heavy (non-hydrogen) atoms. The minimum atomic E-state index is -1.84. The first-order valence-electron chi connectivity index (χ1n) is 19.1. The summed E-state index contributed by atoms with van der Waals surface area (Å²) >= 11 is 0. The smallest absolute Gasteiger partial charge is 0.146 e. The Bertz CT molecular complexity index is 1920. The van der Waals surface area contributed by atoms with Crippen LogP contribution in [0.3, 0.4) is 0 Å². The van der Waals surface area contributed by atoms with E-state index in [1.807, 2.05) is 24.3 Å². The molecule has 4 heterocycles. The maximum Gasteiger partial charge on any atom is 0.146 e. The third-order valence-electron chi connectivity index (χ3n) is 8.23. The number of aliphatic hydroxyl groups excluding tert-OH is 2. The highest BCUT2D eigenvalue weighted by molar-refractivity contribution is 5.60. The second-order valence-corrected chi connectivity index (χ2v) is 12.5. The highest BCUT2D eigenvalue weighted by Crippen LogP contribution is 2.29. The predicted molar refractivity (Wildman–Crippen MR) is 210 cm³/mol. The lowest BCUT2D eigenvalue weighted by molar-refractivity contribution is -0.491. The van der Waals surface area contributed by atoms with Gasteiger partial charge in [0.1, 0.15) is 56.2 Å². The second-order valence-electron chi connectivity index (χ2n) is 12.5. The molecule has 0 fully saturated rings. The third-order valence-corrected chi connectivity index (χ3v) is 8.23.